The number of aromatic nitrogens is 2. The molecule has 30 heavy (non-hydrogen) atoms. The molecule has 166 valence electrons. The van der Waals surface area contributed by atoms with Gasteiger partial charge in [-0.05, 0) is 62.5 Å². The molecule has 0 spiro atoms. The molecule has 0 saturated carbocycles. The SMILES string of the molecule is CCc1ccc(S(=O)(=O)N(CCCn2ccc(C(F)(F)F)n2)C2CCNCC2)cc1. The largest absolute Gasteiger partial charge is 0.435 e. The van der Waals surface area contributed by atoms with Crippen molar-refractivity contribution in [2.45, 2.75) is 56.3 Å². The third kappa shape index (κ3) is 5.41. The van der Waals surface area contributed by atoms with Crippen LogP contribution in [0.15, 0.2) is 41.4 Å². The van der Waals surface area contributed by atoms with Crippen LogP contribution in [0.1, 0.15) is 37.4 Å². The van der Waals surface area contributed by atoms with Crippen molar-refractivity contribution in [1.82, 2.24) is 19.4 Å². The summed E-state index contributed by atoms with van der Waals surface area (Å²) in [7, 11) is -3.70. The van der Waals surface area contributed by atoms with E-state index in [1.54, 1.807) is 12.1 Å². The zero-order valence-electron chi connectivity index (χ0n) is 16.9. The Kier molecular flexibility index (Phi) is 7.20. The lowest BCUT2D eigenvalue weighted by Gasteiger charge is -2.33. The Morgan fingerprint density at radius 2 is 1.83 bits per heavy atom. The van der Waals surface area contributed by atoms with Crippen molar-refractivity contribution in [1.29, 1.82) is 0 Å². The smallest absolute Gasteiger partial charge is 0.317 e. The number of nitrogens with one attached hydrogen (secondary N) is 1. The maximum absolute atomic E-state index is 13.3. The van der Waals surface area contributed by atoms with E-state index in [0.29, 0.717) is 19.3 Å². The van der Waals surface area contributed by atoms with Gasteiger partial charge in [0.25, 0.3) is 0 Å². The maximum Gasteiger partial charge on any atom is 0.435 e. The third-order valence-corrected chi connectivity index (χ3v) is 7.32. The van der Waals surface area contributed by atoms with Gasteiger partial charge < -0.3 is 5.32 Å². The second-order valence-electron chi connectivity index (χ2n) is 7.41. The van der Waals surface area contributed by atoms with Gasteiger partial charge >= 0.3 is 6.18 Å². The van der Waals surface area contributed by atoms with E-state index in [0.717, 1.165) is 31.1 Å². The Balaban J connectivity index is 1.74. The molecule has 3 rings (SSSR count). The lowest BCUT2D eigenvalue weighted by Crippen LogP contribution is -2.46. The average Bonchev–Trinajstić information content (AvgIpc) is 3.21. The van der Waals surface area contributed by atoms with E-state index in [4.69, 9.17) is 0 Å². The average molecular weight is 445 g/mol. The molecule has 0 radical (unpaired) electrons. The van der Waals surface area contributed by atoms with Gasteiger partial charge in [-0.2, -0.15) is 22.6 Å². The minimum atomic E-state index is -4.49. The van der Waals surface area contributed by atoms with Gasteiger partial charge in [-0.1, -0.05) is 19.1 Å². The summed E-state index contributed by atoms with van der Waals surface area (Å²) < 4.78 is 67.6. The standard InChI is InChI=1S/C20H27F3N4O2S/c1-2-16-4-6-18(7-5-16)30(28,29)27(17-8-11-24-12-9-17)14-3-13-26-15-10-19(25-26)20(21,22)23/h4-7,10,15,17,24H,2-3,8-9,11-14H2,1H3. The van der Waals surface area contributed by atoms with Gasteiger partial charge in [-0.25, -0.2) is 8.42 Å². The van der Waals surface area contributed by atoms with Crippen molar-refractivity contribution in [3.05, 3.63) is 47.8 Å². The molecule has 1 aliphatic heterocycles. The zero-order chi connectivity index (χ0) is 21.8. The second-order valence-corrected chi connectivity index (χ2v) is 9.30. The Labute approximate surface area is 175 Å². The van der Waals surface area contributed by atoms with Gasteiger partial charge in [-0.15, -0.1) is 0 Å². The zero-order valence-corrected chi connectivity index (χ0v) is 17.7. The Hall–Kier alpha value is -1.91. The Bertz CT molecular complexity index is 920. The van der Waals surface area contributed by atoms with E-state index < -0.39 is 21.9 Å². The number of benzene rings is 1. The highest BCUT2D eigenvalue weighted by Crippen LogP contribution is 2.27. The van der Waals surface area contributed by atoms with Crippen molar-refractivity contribution >= 4 is 10.0 Å². The predicted octanol–water partition coefficient (Wildman–Crippen LogP) is 3.30. The summed E-state index contributed by atoms with van der Waals surface area (Å²) in [5.41, 5.74) is 0.114. The van der Waals surface area contributed by atoms with Crippen molar-refractivity contribution in [2.75, 3.05) is 19.6 Å². The molecular weight excluding hydrogens is 417 g/mol. The fraction of sp³-hybridized carbons (Fsp3) is 0.550. The quantitative estimate of drug-likeness (QED) is 0.679. The highest BCUT2D eigenvalue weighted by Gasteiger charge is 2.34. The normalized spacial score (nSPS) is 16.3. The fourth-order valence-electron chi connectivity index (χ4n) is 3.65. The molecule has 0 amide bonds. The summed E-state index contributed by atoms with van der Waals surface area (Å²) in [5, 5.41) is 6.78. The monoisotopic (exact) mass is 444 g/mol. The molecule has 1 saturated heterocycles. The molecule has 0 bridgehead atoms. The van der Waals surface area contributed by atoms with E-state index >= 15 is 0 Å². The summed E-state index contributed by atoms with van der Waals surface area (Å²) in [6.45, 7) is 3.91. The van der Waals surface area contributed by atoms with Gasteiger partial charge in [0.15, 0.2) is 5.69 Å². The number of sulfonamides is 1. The van der Waals surface area contributed by atoms with E-state index in [-0.39, 0.29) is 24.0 Å². The summed E-state index contributed by atoms with van der Waals surface area (Å²) in [6, 6.07) is 7.68. The topological polar surface area (TPSA) is 67.2 Å². The Morgan fingerprint density at radius 1 is 1.17 bits per heavy atom. The first kappa shape index (κ1) is 22.8. The van der Waals surface area contributed by atoms with Crippen LogP contribution in [0.2, 0.25) is 0 Å². The van der Waals surface area contributed by atoms with Crippen LogP contribution in [0.5, 0.6) is 0 Å². The molecule has 1 aromatic carbocycles. The third-order valence-electron chi connectivity index (χ3n) is 5.35. The van der Waals surface area contributed by atoms with Gasteiger partial charge in [-0.3, -0.25) is 4.68 Å². The first-order valence-corrected chi connectivity index (χ1v) is 11.6. The van der Waals surface area contributed by atoms with Gasteiger partial charge in [0.05, 0.1) is 4.90 Å². The van der Waals surface area contributed by atoms with E-state index in [1.807, 2.05) is 19.1 Å². The summed E-state index contributed by atoms with van der Waals surface area (Å²) >= 11 is 0. The lowest BCUT2D eigenvalue weighted by atomic mass is 10.1. The van der Waals surface area contributed by atoms with Crippen LogP contribution in [0, 0.1) is 0 Å². The fourth-order valence-corrected chi connectivity index (χ4v) is 5.38. The summed E-state index contributed by atoms with van der Waals surface area (Å²) in [6.07, 6.45) is -0.619. The van der Waals surface area contributed by atoms with Crippen LogP contribution < -0.4 is 5.32 Å². The van der Waals surface area contributed by atoms with E-state index in [1.165, 1.54) is 15.2 Å². The molecule has 1 fully saturated rings. The minimum Gasteiger partial charge on any atom is -0.317 e. The number of nitrogens with zero attached hydrogens (tertiary/aromatic N) is 3. The first-order valence-electron chi connectivity index (χ1n) is 10.1. The maximum atomic E-state index is 13.3. The molecule has 10 heteroatoms. The van der Waals surface area contributed by atoms with Crippen molar-refractivity contribution < 1.29 is 21.6 Å². The summed E-state index contributed by atoms with van der Waals surface area (Å²) in [4.78, 5) is 0.247. The molecule has 1 aromatic heterocycles. The molecule has 0 atom stereocenters. The number of halogens is 3. The molecule has 0 aliphatic carbocycles. The molecule has 1 aliphatic rings. The molecule has 6 nitrogen and oxygen atoms in total. The van der Waals surface area contributed by atoms with Crippen LogP contribution in [0.25, 0.3) is 0 Å². The van der Waals surface area contributed by atoms with Gasteiger partial charge in [0.2, 0.25) is 10.0 Å². The first-order chi connectivity index (χ1) is 14.2. The number of alkyl halides is 3. The van der Waals surface area contributed by atoms with Crippen LogP contribution >= 0.6 is 0 Å². The van der Waals surface area contributed by atoms with E-state index in [2.05, 4.69) is 10.4 Å². The van der Waals surface area contributed by atoms with Gasteiger partial charge in [0.1, 0.15) is 0 Å². The highest BCUT2D eigenvalue weighted by molar-refractivity contribution is 7.89. The number of aryl methyl sites for hydroxylation is 2. The molecule has 0 unspecified atom stereocenters. The number of piperidine rings is 1. The van der Waals surface area contributed by atoms with Gasteiger partial charge in [0, 0.05) is 25.3 Å². The van der Waals surface area contributed by atoms with Crippen LogP contribution in [0.3, 0.4) is 0 Å². The molecule has 2 aromatic rings. The van der Waals surface area contributed by atoms with Crippen molar-refractivity contribution in [2.24, 2.45) is 0 Å². The minimum absolute atomic E-state index is 0.134. The van der Waals surface area contributed by atoms with Crippen LogP contribution in [0.4, 0.5) is 13.2 Å². The second kappa shape index (κ2) is 9.49. The number of rotatable bonds is 8. The Morgan fingerprint density at radius 3 is 2.40 bits per heavy atom. The molecule has 2 heterocycles. The summed E-state index contributed by atoms with van der Waals surface area (Å²) in [5.74, 6) is 0. The molecular formula is C20H27F3N4O2S. The number of hydrogen-bond donors (Lipinski definition) is 1. The van der Waals surface area contributed by atoms with Crippen molar-refractivity contribution in [3.63, 3.8) is 0 Å². The van der Waals surface area contributed by atoms with Crippen LogP contribution in [-0.4, -0.2) is 48.2 Å². The molecule has 1 N–H and O–H groups in total. The predicted molar refractivity (Wildman–Crippen MR) is 107 cm³/mol. The van der Waals surface area contributed by atoms with Crippen molar-refractivity contribution in [3.8, 4) is 0 Å². The van der Waals surface area contributed by atoms with Crippen LogP contribution in [-0.2, 0) is 29.2 Å². The highest BCUT2D eigenvalue weighted by atomic mass is 32.2. The van der Waals surface area contributed by atoms with E-state index in [9.17, 15) is 21.6 Å². The lowest BCUT2D eigenvalue weighted by molar-refractivity contribution is -0.141. The number of hydrogen-bond acceptors (Lipinski definition) is 4.